The van der Waals surface area contributed by atoms with Gasteiger partial charge in [-0.3, -0.25) is 4.79 Å². The lowest BCUT2D eigenvalue weighted by atomic mass is 10.0. The van der Waals surface area contributed by atoms with Crippen LogP contribution < -0.4 is 0 Å². The van der Waals surface area contributed by atoms with E-state index in [-0.39, 0.29) is 12.1 Å². The third-order valence-corrected chi connectivity index (χ3v) is 4.68. The first-order valence-corrected chi connectivity index (χ1v) is 8.58. The zero-order valence-corrected chi connectivity index (χ0v) is 15.0. The molecule has 0 radical (unpaired) electrons. The molecule has 4 rings (SSSR count). The van der Waals surface area contributed by atoms with E-state index in [2.05, 4.69) is 21.9 Å². The van der Waals surface area contributed by atoms with Gasteiger partial charge >= 0.3 is 5.97 Å². The second kappa shape index (κ2) is 6.48. The van der Waals surface area contributed by atoms with E-state index in [1.165, 1.54) is 15.8 Å². The lowest BCUT2D eigenvalue weighted by Gasteiger charge is -2.13. The summed E-state index contributed by atoms with van der Waals surface area (Å²) < 4.78 is 1.44. The minimum atomic E-state index is -1.69. The maximum absolute atomic E-state index is 12.0. The predicted molar refractivity (Wildman–Crippen MR) is 99.9 cm³/mol. The van der Waals surface area contributed by atoms with Crippen molar-refractivity contribution in [2.75, 3.05) is 13.6 Å². The maximum Gasteiger partial charge on any atom is 0.357 e. The summed E-state index contributed by atoms with van der Waals surface area (Å²) in [5.74, 6) is 4.32. The van der Waals surface area contributed by atoms with Crippen LogP contribution in [-0.2, 0) is 4.79 Å². The van der Waals surface area contributed by atoms with E-state index in [0.717, 1.165) is 0 Å². The maximum atomic E-state index is 12.0. The summed E-state index contributed by atoms with van der Waals surface area (Å²) in [5.41, 5.74) is -0.628. The number of carbonyl (C=O) groups excluding carboxylic acids is 1. The molecule has 2 aromatic heterocycles. The molecule has 3 heterocycles. The molecule has 0 saturated carbocycles. The van der Waals surface area contributed by atoms with Crippen LogP contribution in [0.25, 0.3) is 16.7 Å². The Morgan fingerprint density at radius 1 is 1.29 bits per heavy atom. The number of carbonyl (C=O) groups is 2. The Labute approximate surface area is 160 Å². The van der Waals surface area contributed by atoms with E-state index < -0.39 is 17.5 Å². The second-order valence-electron chi connectivity index (χ2n) is 6.57. The van der Waals surface area contributed by atoms with Gasteiger partial charge in [-0.05, 0) is 18.2 Å². The van der Waals surface area contributed by atoms with E-state index in [9.17, 15) is 19.8 Å². The Balaban J connectivity index is 1.76. The lowest BCUT2D eigenvalue weighted by molar-refractivity contribution is -0.137. The molecular weight excluding hydrogens is 360 g/mol. The molecule has 3 aromatic rings. The summed E-state index contributed by atoms with van der Waals surface area (Å²) in [6.45, 7) is 0.447. The topological polar surface area (TPSA) is 109 Å². The number of aliphatic hydroxyl groups is 1. The Kier molecular flexibility index (Phi) is 4.09. The molecule has 1 amide bonds. The number of rotatable bonds is 2. The molecule has 1 saturated heterocycles. The Bertz CT molecular complexity index is 1170. The summed E-state index contributed by atoms with van der Waals surface area (Å²) in [6, 6.07) is 10.2. The van der Waals surface area contributed by atoms with Crippen molar-refractivity contribution in [1.82, 2.24) is 19.7 Å². The molecule has 0 spiro atoms. The van der Waals surface area contributed by atoms with Crippen molar-refractivity contribution in [3.63, 3.8) is 0 Å². The van der Waals surface area contributed by atoms with Crippen molar-refractivity contribution < 1.29 is 19.8 Å². The molecule has 1 aliphatic heterocycles. The van der Waals surface area contributed by atoms with E-state index >= 15 is 0 Å². The largest absolute Gasteiger partial charge is 0.476 e. The minimum Gasteiger partial charge on any atom is -0.476 e. The number of carboxylic acids is 1. The number of benzene rings is 1. The number of fused-ring (bicyclic) bond motifs is 1. The normalized spacial score (nSPS) is 18.9. The van der Waals surface area contributed by atoms with E-state index in [4.69, 9.17) is 0 Å². The van der Waals surface area contributed by atoms with Gasteiger partial charge in [-0.2, -0.15) is 5.10 Å². The molecule has 0 bridgehead atoms. The molecule has 2 N–H and O–H groups in total. The number of para-hydroxylation sites is 1. The van der Waals surface area contributed by atoms with Crippen molar-refractivity contribution in [2.24, 2.45) is 0 Å². The Morgan fingerprint density at radius 2 is 2.07 bits per heavy atom. The zero-order valence-electron chi connectivity index (χ0n) is 15.0. The SMILES string of the molecule is CN1CC[C@@](O)(C#Cc2ccnc(-n3nc(C(=O)O)c4ccccc43)c2)C1=O. The Morgan fingerprint density at radius 3 is 2.79 bits per heavy atom. The van der Waals surface area contributed by atoms with Gasteiger partial charge < -0.3 is 15.1 Å². The van der Waals surface area contributed by atoms with Crippen LogP contribution in [0, 0.1) is 11.8 Å². The quantitative estimate of drug-likeness (QED) is 0.648. The van der Waals surface area contributed by atoms with Gasteiger partial charge in [0.15, 0.2) is 11.5 Å². The van der Waals surface area contributed by atoms with Gasteiger partial charge in [-0.25, -0.2) is 14.5 Å². The number of likely N-dealkylation sites (N-methyl/N-ethyl adjacent to an activating group) is 1. The van der Waals surface area contributed by atoms with Crippen LogP contribution in [0.2, 0.25) is 0 Å². The highest BCUT2D eigenvalue weighted by atomic mass is 16.4. The van der Waals surface area contributed by atoms with E-state index in [1.807, 2.05) is 0 Å². The first kappa shape index (κ1) is 17.7. The van der Waals surface area contributed by atoms with Gasteiger partial charge in [-0.1, -0.05) is 30.0 Å². The molecule has 8 nitrogen and oxygen atoms in total. The number of amides is 1. The monoisotopic (exact) mass is 376 g/mol. The van der Waals surface area contributed by atoms with Crippen molar-refractivity contribution in [3.8, 4) is 17.7 Å². The molecule has 1 fully saturated rings. The number of hydrogen-bond acceptors (Lipinski definition) is 5. The number of hydrogen-bond donors (Lipinski definition) is 2. The predicted octanol–water partition coefficient (Wildman–Crippen LogP) is 1.06. The molecule has 8 heteroatoms. The average molecular weight is 376 g/mol. The average Bonchev–Trinajstić information content (AvgIpc) is 3.21. The van der Waals surface area contributed by atoms with E-state index in [0.29, 0.717) is 28.8 Å². The summed E-state index contributed by atoms with van der Waals surface area (Å²) in [7, 11) is 1.62. The highest BCUT2D eigenvalue weighted by molar-refractivity contribution is 6.01. The van der Waals surface area contributed by atoms with Crippen LogP contribution in [0.5, 0.6) is 0 Å². The molecule has 0 aliphatic carbocycles. The van der Waals surface area contributed by atoms with Crippen molar-refractivity contribution in [2.45, 2.75) is 12.0 Å². The molecule has 28 heavy (non-hydrogen) atoms. The molecule has 0 unspecified atom stereocenters. The van der Waals surface area contributed by atoms with Gasteiger partial charge in [0.25, 0.3) is 5.91 Å². The molecule has 1 aromatic carbocycles. The van der Waals surface area contributed by atoms with Crippen molar-refractivity contribution in [1.29, 1.82) is 0 Å². The van der Waals surface area contributed by atoms with Crippen LogP contribution in [-0.4, -0.2) is 60.9 Å². The first-order valence-electron chi connectivity index (χ1n) is 8.58. The van der Waals surface area contributed by atoms with Crippen LogP contribution in [0.15, 0.2) is 42.6 Å². The highest BCUT2D eigenvalue weighted by Gasteiger charge is 2.42. The standard InChI is InChI=1S/C20H16N4O4/c1-23-11-9-20(28,19(23)27)8-6-13-7-10-21-16(12-13)24-15-5-3-2-4-14(15)17(22-24)18(25)26/h2-5,7,10,12,28H,9,11H2,1H3,(H,25,26)/t20-/m0/s1. The first-order chi connectivity index (χ1) is 13.4. The van der Waals surface area contributed by atoms with Crippen LogP contribution in [0.3, 0.4) is 0 Å². The summed E-state index contributed by atoms with van der Waals surface area (Å²) in [6.07, 6.45) is 1.77. The third-order valence-electron chi connectivity index (χ3n) is 4.68. The fourth-order valence-corrected chi connectivity index (χ4v) is 3.16. The van der Waals surface area contributed by atoms with Gasteiger partial charge in [0, 0.05) is 37.2 Å². The summed E-state index contributed by atoms with van der Waals surface area (Å²) >= 11 is 0. The number of aromatic carboxylic acids is 1. The smallest absolute Gasteiger partial charge is 0.357 e. The lowest BCUT2D eigenvalue weighted by Crippen LogP contribution is -2.37. The fourth-order valence-electron chi connectivity index (χ4n) is 3.16. The van der Waals surface area contributed by atoms with E-state index in [1.54, 1.807) is 43.4 Å². The second-order valence-corrected chi connectivity index (χ2v) is 6.57. The number of nitrogens with zero attached hydrogens (tertiary/aromatic N) is 4. The fraction of sp³-hybridized carbons (Fsp3) is 0.200. The van der Waals surface area contributed by atoms with Gasteiger partial charge in [0.1, 0.15) is 0 Å². The van der Waals surface area contributed by atoms with Crippen LogP contribution in [0.4, 0.5) is 0 Å². The molecular formula is C20H16N4O4. The molecule has 140 valence electrons. The minimum absolute atomic E-state index is 0.0669. The number of pyridine rings is 1. The number of aromatic nitrogens is 3. The van der Waals surface area contributed by atoms with Crippen LogP contribution in [0.1, 0.15) is 22.5 Å². The van der Waals surface area contributed by atoms with Crippen LogP contribution >= 0.6 is 0 Å². The Hall–Kier alpha value is -3.70. The molecule has 1 aliphatic rings. The number of carboxylic acid groups (broad SMARTS) is 1. The highest BCUT2D eigenvalue weighted by Crippen LogP contribution is 2.23. The van der Waals surface area contributed by atoms with Gasteiger partial charge in [-0.15, -0.1) is 0 Å². The zero-order chi connectivity index (χ0) is 19.9. The molecule has 1 atom stereocenters. The van der Waals surface area contributed by atoms with Gasteiger partial charge in [0.05, 0.1) is 5.52 Å². The van der Waals surface area contributed by atoms with Crippen molar-refractivity contribution in [3.05, 3.63) is 53.9 Å². The third kappa shape index (κ3) is 2.88. The summed E-state index contributed by atoms with van der Waals surface area (Å²) in [4.78, 5) is 29.2. The summed E-state index contributed by atoms with van der Waals surface area (Å²) in [5, 5.41) is 24.5. The van der Waals surface area contributed by atoms with Gasteiger partial charge in [0.2, 0.25) is 5.60 Å². The number of likely N-dealkylation sites (tertiary alicyclic amines) is 1. The van der Waals surface area contributed by atoms with Crippen molar-refractivity contribution >= 4 is 22.8 Å².